The Morgan fingerprint density at radius 3 is 3.08 bits per heavy atom. The number of benzene rings is 1. The van der Waals surface area contributed by atoms with E-state index in [-0.39, 0.29) is 6.04 Å². The molecule has 63 valence electrons. The van der Waals surface area contributed by atoms with Gasteiger partial charge in [-0.2, -0.15) is 0 Å². The molecule has 0 amide bonds. The van der Waals surface area contributed by atoms with Crippen LogP contribution in [-0.4, -0.2) is 11.1 Å². The van der Waals surface area contributed by atoms with Crippen molar-refractivity contribution in [1.29, 1.82) is 0 Å². The van der Waals surface area contributed by atoms with Crippen molar-refractivity contribution in [3.63, 3.8) is 0 Å². The van der Waals surface area contributed by atoms with E-state index in [9.17, 15) is 5.11 Å². The predicted octanol–water partition coefficient (Wildman–Crippen LogP) is 1.24. The van der Waals surface area contributed by atoms with Crippen LogP contribution < -0.4 is 5.32 Å². The lowest BCUT2D eigenvalue weighted by Crippen LogP contribution is -2.32. The van der Waals surface area contributed by atoms with Crippen molar-refractivity contribution < 1.29 is 5.11 Å². The standard InChI is InChI=1S/C10H12NO/c1-7-4-9-5-10(12)3-2-8(9)6-11-7/h2-3,5,7,11-12H,1,4,6H2. The van der Waals surface area contributed by atoms with Gasteiger partial charge in [-0.25, -0.2) is 0 Å². The van der Waals surface area contributed by atoms with Gasteiger partial charge in [0, 0.05) is 12.6 Å². The van der Waals surface area contributed by atoms with Crippen LogP contribution in [0.3, 0.4) is 0 Å². The van der Waals surface area contributed by atoms with Gasteiger partial charge >= 0.3 is 0 Å². The van der Waals surface area contributed by atoms with Gasteiger partial charge in [0.1, 0.15) is 5.75 Å². The second-order valence-corrected chi connectivity index (χ2v) is 3.23. The fourth-order valence-electron chi connectivity index (χ4n) is 1.57. The van der Waals surface area contributed by atoms with Crippen molar-refractivity contribution in [2.75, 3.05) is 0 Å². The topological polar surface area (TPSA) is 32.3 Å². The summed E-state index contributed by atoms with van der Waals surface area (Å²) >= 11 is 0. The fourth-order valence-corrected chi connectivity index (χ4v) is 1.57. The van der Waals surface area contributed by atoms with E-state index in [2.05, 4.69) is 12.2 Å². The number of hydrogen-bond acceptors (Lipinski definition) is 2. The first-order valence-electron chi connectivity index (χ1n) is 4.13. The monoisotopic (exact) mass is 162 g/mol. The molecule has 0 bridgehead atoms. The molecule has 0 aliphatic carbocycles. The second kappa shape index (κ2) is 2.79. The summed E-state index contributed by atoms with van der Waals surface area (Å²) in [6.45, 7) is 4.80. The van der Waals surface area contributed by atoms with Crippen molar-refractivity contribution in [2.24, 2.45) is 0 Å². The number of nitrogens with one attached hydrogen (secondary N) is 1. The first kappa shape index (κ1) is 7.62. The molecule has 1 aromatic carbocycles. The minimum atomic E-state index is 0.277. The molecule has 2 nitrogen and oxygen atoms in total. The SMILES string of the molecule is [CH2]C1Cc2cc(O)ccc2CN1. The molecule has 0 saturated carbocycles. The summed E-state index contributed by atoms with van der Waals surface area (Å²) in [5, 5.41) is 12.5. The van der Waals surface area contributed by atoms with Crippen LogP contribution in [0.4, 0.5) is 0 Å². The van der Waals surface area contributed by atoms with E-state index in [4.69, 9.17) is 0 Å². The summed E-state index contributed by atoms with van der Waals surface area (Å²) in [5.74, 6) is 0.350. The van der Waals surface area contributed by atoms with Crippen molar-refractivity contribution in [1.82, 2.24) is 5.32 Å². The molecule has 0 aromatic heterocycles. The molecule has 1 aliphatic heterocycles. The number of aromatic hydroxyl groups is 1. The quantitative estimate of drug-likeness (QED) is 0.601. The molecule has 2 heteroatoms. The number of hydrogen-bond donors (Lipinski definition) is 2. The van der Waals surface area contributed by atoms with Crippen LogP contribution in [0.2, 0.25) is 0 Å². The lowest BCUT2D eigenvalue weighted by Gasteiger charge is -2.22. The van der Waals surface area contributed by atoms with Crippen LogP contribution in [0.1, 0.15) is 11.1 Å². The predicted molar refractivity (Wildman–Crippen MR) is 47.8 cm³/mol. The summed E-state index contributed by atoms with van der Waals surface area (Å²) < 4.78 is 0. The lowest BCUT2D eigenvalue weighted by molar-refractivity contribution is 0.471. The van der Waals surface area contributed by atoms with Gasteiger partial charge in [0.25, 0.3) is 0 Å². The largest absolute Gasteiger partial charge is 0.508 e. The van der Waals surface area contributed by atoms with Gasteiger partial charge in [0.2, 0.25) is 0 Å². The maximum absolute atomic E-state index is 9.23. The molecule has 2 rings (SSSR count). The third-order valence-corrected chi connectivity index (χ3v) is 2.24. The Balaban J connectivity index is 2.37. The third kappa shape index (κ3) is 1.30. The van der Waals surface area contributed by atoms with Crippen molar-refractivity contribution in [2.45, 2.75) is 19.0 Å². The highest BCUT2D eigenvalue weighted by Gasteiger charge is 2.13. The van der Waals surface area contributed by atoms with Gasteiger partial charge in [0.15, 0.2) is 0 Å². The Kier molecular flexibility index (Phi) is 1.77. The molecule has 0 spiro atoms. The Labute approximate surface area is 72.2 Å². The summed E-state index contributed by atoms with van der Waals surface area (Å²) in [6, 6.07) is 5.79. The summed E-state index contributed by atoms with van der Waals surface area (Å²) in [5.41, 5.74) is 2.49. The first-order chi connectivity index (χ1) is 5.75. The normalized spacial score (nSPS) is 21.9. The first-order valence-corrected chi connectivity index (χ1v) is 4.13. The van der Waals surface area contributed by atoms with E-state index < -0.39 is 0 Å². The van der Waals surface area contributed by atoms with Crippen molar-refractivity contribution >= 4 is 0 Å². The average Bonchev–Trinajstić information content (AvgIpc) is 2.03. The Morgan fingerprint density at radius 2 is 2.25 bits per heavy atom. The van der Waals surface area contributed by atoms with Crippen LogP contribution in [0.25, 0.3) is 0 Å². The van der Waals surface area contributed by atoms with Gasteiger partial charge in [-0.1, -0.05) is 6.07 Å². The van der Waals surface area contributed by atoms with E-state index in [0.717, 1.165) is 13.0 Å². The van der Waals surface area contributed by atoms with Gasteiger partial charge in [0.05, 0.1) is 0 Å². The maximum Gasteiger partial charge on any atom is 0.115 e. The molecular formula is C10H12NO. The highest BCUT2D eigenvalue weighted by molar-refractivity contribution is 5.36. The van der Waals surface area contributed by atoms with Gasteiger partial charge < -0.3 is 10.4 Å². The highest BCUT2D eigenvalue weighted by atomic mass is 16.3. The third-order valence-electron chi connectivity index (χ3n) is 2.24. The second-order valence-electron chi connectivity index (χ2n) is 3.23. The van der Waals surface area contributed by atoms with Crippen LogP contribution in [0.5, 0.6) is 5.75 Å². The van der Waals surface area contributed by atoms with E-state index in [1.165, 1.54) is 11.1 Å². The maximum atomic E-state index is 9.23. The molecule has 1 unspecified atom stereocenters. The molecule has 12 heavy (non-hydrogen) atoms. The minimum absolute atomic E-state index is 0.277. The molecule has 2 N–H and O–H groups in total. The lowest BCUT2D eigenvalue weighted by atomic mass is 9.96. The number of rotatable bonds is 0. The van der Waals surface area contributed by atoms with Gasteiger partial charge in [-0.15, -0.1) is 0 Å². The van der Waals surface area contributed by atoms with Crippen molar-refractivity contribution in [3.05, 3.63) is 36.2 Å². The summed E-state index contributed by atoms with van der Waals surface area (Å²) in [6.07, 6.45) is 0.906. The number of phenolic OH excluding ortho intramolecular Hbond substituents is 1. The van der Waals surface area contributed by atoms with Crippen LogP contribution in [-0.2, 0) is 13.0 Å². The molecule has 1 aromatic rings. The van der Waals surface area contributed by atoms with Crippen LogP contribution >= 0.6 is 0 Å². The number of phenols is 1. The van der Waals surface area contributed by atoms with Gasteiger partial charge in [-0.3, -0.25) is 0 Å². The Bertz CT molecular complexity index is 296. The Morgan fingerprint density at radius 1 is 1.42 bits per heavy atom. The molecule has 0 saturated heterocycles. The minimum Gasteiger partial charge on any atom is -0.508 e. The van der Waals surface area contributed by atoms with E-state index in [1.54, 1.807) is 6.07 Å². The fraction of sp³-hybridized carbons (Fsp3) is 0.300. The summed E-state index contributed by atoms with van der Waals surface area (Å²) in [7, 11) is 0. The molecular weight excluding hydrogens is 150 g/mol. The van der Waals surface area contributed by atoms with E-state index in [0.29, 0.717) is 5.75 Å². The molecule has 1 heterocycles. The zero-order valence-corrected chi connectivity index (χ0v) is 6.88. The average molecular weight is 162 g/mol. The van der Waals surface area contributed by atoms with Crippen LogP contribution in [0, 0.1) is 6.92 Å². The van der Waals surface area contributed by atoms with Crippen molar-refractivity contribution in [3.8, 4) is 5.75 Å². The smallest absolute Gasteiger partial charge is 0.115 e. The van der Waals surface area contributed by atoms with Crippen LogP contribution in [0.15, 0.2) is 18.2 Å². The molecule has 1 radical (unpaired) electrons. The van der Waals surface area contributed by atoms with Gasteiger partial charge in [-0.05, 0) is 36.6 Å². The highest BCUT2D eigenvalue weighted by Crippen LogP contribution is 2.20. The zero-order chi connectivity index (χ0) is 8.55. The Hall–Kier alpha value is -1.02. The summed E-state index contributed by atoms with van der Waals surface area (Å²) in [4.78, 5) is 0. The number of fused-ring (bicyclic) bond motifs is 1. The zero-order valence-electron chi connectivity index (χ0n) is 6.88. The molecule has 1 aliphatic rings. The van der Waals surface area contributed by atoms with E-state index in [1.807, 2.05) is 12.1 Å². The molecule has 1 atom stereocenters. The van der Waals surface area contributed by atoms with E-state index >= 15 is 0 Å². The molecule has 0 fully saturated rings.